The first-order chi connectivity index (χ1) is 10.8. The zero-order valence-corrected chi connectivity index (χ0v) is 15.3. The summed E-state index contributed by atoms with van der Waals surface area (Å²) in [6, 6.07) is 10.5. The van der Waals surface area contributed by atoms with Crippen LogP contribution in [-0.4, -0.2) is 36.1 Å². The summed E-state index contributed by atoms with van der Waals surface area (Å²) in [6.07, 6.45) is 2.62. The van der Waals surface area contributed by atoms with Crippen molar-refractivity contribution in [2.24, 2.45) is 5.92 Å². The van der Waals surface area contributed by atoms with E-state index >= 15 is 0 Å². The number of piperidine rings is 1. The van der Waals surface area contributed by atoms with E-state index in [-0.39, 0.29) is 12.4 Å². The second kappa shape index (κ2) is 9.38. The maximum atomic E-state index is 4.81. The highest BCUT2D eigenvalue weighted by molar-refractivity contribution is 7.13. The van der Waals surface area contributed by atoms with Crippen molar-refractivity contribution >= 4 is 23.7 Å². The van der Waals surface area contributed by atoms with Crippen molar-refractivity contribution in [3.63, 3.8) is 0 Å². The summed E-state index contributed by atoms with van der Waals surface area (Å²) in [6.45, 7) is 7.85. The molecule has 0 atom stereocenters. The Kier molecular flexibility index (Phi) is 7.50. The molecule has 0 aliphatic carbocycles. The summed E-state index contributed by atoms with van der Waals surface area (Å²) in [5.41, 5.74) is 2.44. The highest BCUT2D eigenvalue weighted by atomic mass is 35.5. The van der Waals surface area contributed by atoms with Crippen molar-refractivity contribution in [3.8, 4) is 10.6 Å². The van der Waals surface area contributed by atoms with Gasteiger partial charge in [0.25, 0.3) is 0 Å². The molecular formula is C18H26ClN3S. The molecule has 0 unspecified atom stereocenters. The number of nitrogens with zero attached hydrogens (tertiary/aromatic N) is 2. The molecule has 1 saturated heterocycles. The quantitative estimate of drug-likeness (QED) is 0.850. The van der Waals surface area contributed by atoms with Crippen molar-refractivity contribution in [1.29, 1.82) is 0 Å². The maximum absolute atomic E-state index is 4.81. The van der Waals surface area contributed by atoms with Crippen LogP contribution in [0.3, 0.4) is 0 Å². The number of likely N-dealkylation sites (tertiary alicyclic amines) is 1. The molecule has 1 aromatic heterocycles. The minimum absolute atomic E-state index is 0. The van der Waals surface area contributed by atoms with E-state index < -0.39 is 0 Å². The van der Waals surface area contributed by atoms with Gasteiger partial charge in [-0.15, -0.1) is 23.7 Å². The van der Waals surface area contributed by atoms with Crippen molar-refractivity contribution < 1.29 is 0 Å². The van der Waals surface area contributed by atoms with Gasteiger partial charge in [0.2, 0.25) is 0 Å². The first-order valence-corrected chi connectivity index (χ1v) is 9.16. The van der Waals surface area contributed by atoms with Crippen LogP contribution in [0, 0.1) is 5.92 Å². The normalized spacial score (nSPS) is 16.2. The van der Waals surface area contributed by atoms with Crippen molar-refractivity contribution in [2.45, 2.75) is 26.3 Å². The van der Waals surface area contributed by atoms with E-state index in [1.165, 1.54) is 43.7 Å². The van der Waals surface area contributed by atoms with Crippen molar-refractivity contribution in [2.75, 3.05) is 26.2 Å². The third-order valence-electron chi connectivity index (χ3n) is 4.35. The fraction of sp³-hybridized carbons (Fsp3) is 0.500. The fourth-order valence-electron chi connectivity index (χ4n) is 3.02. The molecular weight excluding hydrogens is 326 g/mol. The molecule has 2 aromatic rings. The van der Waals surface area contributed by atoms with Crippen molar-refractivity contribution in [1.82, 2.24) is 15.2 Å². The number of hydrogen-bond donors (Lipinski definition) is 1. The van der Waals surface area contributed by atoms with Crippen LogP contribution in [0.25, 0.3) is 10.6 Å². The summed E-state index contributed by atoms with van der Waals surface area (Å²) in [5.74, 6) is 0.853. The molecule has 1 N–H and O–H groups in total. The summed E-state index contributed by atoms with van der Waals surface area (Å²) in [4.78, 5) is 7.36. The molecule has 1 aliphatic heterocycles. The van der Waals surface area contributed by atoms with E-state index in [0.29, 0.717) is 0 Å². The highest BCUT2D eigenvalue weighted by Crippen LogP contribution is 2.25. The predicted octanol–water partition coefficient (Wildman–Crippen LogP) is 4.05. The molecule has 0 amide bonds. The molecule has 0 bridgehead atoms. The lowest BCUT2D eigenvalue weighted by molar-refractivity contribution is 0.174. The number of nitrogens with one attached hydrogen (secondary N) is 1. The first-order valence-electron chi connectivity index (χ1n) is 8.28. The van der Waals surface area contributed by atoms with Crippen LogP contribution < -0.4 is 5.32 Å². The monoisotopic (exact) mass is 351 g/mol. The molecule has 3 rings (SSSR count). The molecule has 3 nitrogen and oxygen atoms in total. The molecule has 5 heteroatoms. The van der Waals surface area contributed by atoms with Crippen LogP contribution in [-0.2, 0) is 6.54 Å². The molecule has 0 radical (unpaired) electrons. The van der Waals surface area contributed by atoms with Gasteiger partial charge in [-0.25, -0.2) is 4.98 Å². The van der Waals surface area contributed by atoms with Gasteiger partial charge < -0.3 is 5.32 Å². The Bertz CT molecular complexity index is 565. The lowest BCUT2D eigenvalue weighted by Crippen LogP contribution is -2.36. The Morgan fingerprint density at radius 2 is 1.96 bits per heavy atom. The Balaban J connectivity index is 0.00000192. The molecule has 1 aromatic carbocycles. The zero-order chi connectivity index (χ0) is 15.2. The third-order valence-corrected chi connectivity index (χ3v) is 5.29. The number of benzene rings is 1. The van der Waals surface area contributed by atoms with Gasteiger partial charge in [0.05, 0.1) is 5.69 Å². The Hall–Kier alpha value is -0.940. The van der Waals surface area contributed by atoms with E-state index in [1.807, 2.05) is 0 Å². The van der Waals surface area contributed by atoms with Crippen LogP contribution in [0.15, 0.2) is 35.7 Å². The summed E-state index contributed by atoms with van der Waals surface area (Å²) in [5, 5.41) is 6.83. The molecule has 2 heterocycles. The largest absolute Gasteiger partial charge is 0.317 e. The standard InChI is InChI=1S/C18H25N3S.ClH/c1-2-19-12-15-8-10-21(11-9-15)13-17-14-22-18(20-17)16-6-4-3-5-7-16;/h3-7,14-15,19H,2,8-13H2,1H3;1H. The molecule has 23 heavy (non-hydrogen) atoms. The summed E-state index contributed by atoms with van der Waals surface area (Å²) in [7, 11) is 0. The van der Waals surface area contributed by atoms with Gasteiger partial charge in [-0.05, 0) is 44.9 Å². The minimum Gasteiger partial charge on any atom is -0.317 e. The first kappa shape index (κ1) is 18.4. The van der Waals surface area contributed by atoms with Crippen LogP contribution in [0.5, 0.6) is 0 Å². The second-order valence-electron chi connectivity index (χ2n) is 6.04. The van der Waals surface area contributed by atoms with Gasteiger partial charge in [-0.1, -0.05) is 37.3 Å². The SMILES string of the molecule is CCNCC1CCN(Cc2csc(-c3ccccc3)n2)CC1.Cl. The average molecular weight is 352 g/mol. The molecule has 0 saturated carbocycles. The number of thiazole rings is 1. The smallest absolute Gasteiger partial charge is 0.123 e. The van der Waals surface area contributed by atoms with E-state index in [9.17, 15) is 0 Å². The lowest BCUT2D eigenvalue weighted by atomic mass is 9.97. The van der Waals surface area contributed by atoms with E-state index in [4.69, 9.17) is 4.98 Å². The predicted molar refractivity (Wildman–Crippen MR) is 101 cm³/mol. The van der Waals surface area contributed by atoms with E-state index in [0.717, 1.165) is 24.0 Å². The number of hydrogen-bond acceptors (Lipinski definition) is 4. The fourth-order valence-corrected chi connectivity index (χ4v) is 3.84. The number of rotatable bonds is 6. The van der Waals surface area contributed by atoms with Crippen molar-refractivity contribution in [3.05, 3.63) is 41.4 Å². The second-order valence-corrected chi connectivity index (χ2v) is 6.90. The van der Waals surface area contributed by atoms with Gasteiger partial charge in [0.15, 0.2) is 0 Å². The molecule has 1 aliphatic rings. The van der Waals surface area contributed by atoms with Gasteiger partial charge in [-0.3, -0.25) is 4.90 Å². The summed E-state index contributed by atoms with van der Waals surface area (Å²) < 4.78 is 0. The van der Waals surface area contributed by atoms with Gasteiger partial charge in [0.1, 0.15) is 5.01 Å². The lowest BCUT2D eigenvalue weighted by Gasteiger charge is -2.31. The van der Waals surface area contributed by atoms with Crippen LogP contribution in [0.2, 0.25) is 0 Å². The number of halogens is 1. The average Bonchev–Trinajstić information content (AvgIpc) is 3.04. The van der Waals surface area contributed by atoms with Crippen LogP contribution in [0.4, 0.5) is 0 Å². The van der Waals surface area contributed by atoms with Gasteiger partial charge in [-0.2, -0.15) is 0 Å². The van der Waals surface area contributed by atoms with E-state index in [1.54, 1.807) is 11.3 Å². The van der Waals surface area contributed by atoms with Gasteiger partial charge >= 0.3 is 0 Å². The van der Waals surface area contributed by atoms with Crippen LogP contribution in [0.1, 0.15) is 25.5 Å². The van der Waals surface area contributed by atoms with Gasteiger partial charge in [0, 0.05) is 17.5 Å². The molecule has 1 fully saturated rings. The van der Waals surface area contributed by atoms with E-state index in [2.05, 4.69) is 52.9 Å². The number of aromatic nitrogens is 1. The third kappa shape index (κ3) is 5.28. The summed E-state index contributed by atoms with van der Waals surface area (Å²) >= 11 is 1.76. The molecule has 126 valence electrons. The maximum Gasteiger partial charge on any atom is 0.123 e. The topological polar surface area (TPSA) is 28.2 Å². The highest BCUT2D eigenvalue weighted by Gasteiger charge is 2.19. The molecule has 0 spiro atoms. The Morgan fingerprint density at radius 1 is 1.22 bits per heavy atom. The van der Waals surface area contributed by atoms with Crippen LogP contribution >= 0.6 is 23.7 Å². The Morgan fingerprint density at radius 3 is 2.65 bits per heavy atom. The Labute approximate surface area is 149 Å². The minimum atomic E-state index is 0. The zero-order valence-electron chi connectivity index (χ0n) is 13.7.